The summed E-state index contributed by atoms with van der Waals surface area (Å²) >= 11 is 0. The predicted octanol–water partition coefficient (Wildman–Crippen LogP) is 2.82. The molecule has 3 heteroatoms. The van der Waals surface area contributed by atoms with Gasteiger partial charge in [-0.2, -0.15) is 0 Å². The first kappa shape index (κ1) is 11.4. The van der Waals surface area contributed by atoms with Gasteiger partial charge in [0.2, 0.25) is 0 Å². The zero-order valence-corrected chi connectivity index (χ0v) is 10.7. The molecular weight excluding hydrogens is 250 g/mol. The molecule has 1 aliphatic heterocycles. The van der Waals surface area contributed by atoms with Crippen LogP contribution < -0.4 is 10.9 Å². The number of rotatable bonds is 1. The summed E-state index contributed by atoms with van der Waals surface area (Å²) in [7, 11) is 0. The van der Waals surface area contributed by atoms with Gasteiger partial charge in [-0.15, -0.1) is 0 Å². The number of nitrogens with one attached hydrogen (secondary N) is 1. The van der Waals surface area contributed by atoms with E-state index in [1.807, 2.05) is 42.5 Å². The van der Waals surface area contributed by atoms with Crippen LogP contribution in [0.3, 0.4) is 0 Å². The van der Waals surface area contributed by atoms with Crippen molar-refractivity contribution in [2.24, 2.45) is 0 Å². The monoisotopic (exact) mass is 262 g/mol. The van der Waals surface area contributed by atoms with Crippen LogP contribution in [0.2, 0.25) is 0 Å². The summed E-state index contributed by atoms with van der Waals surface area (Å²) in [5.74, 6) is 0. The van der Waals surface area contributed by atoms with Crippen molar-refractivity contribution in [3.8, 4) is 0 Å². The van der Waals surface area contributed by atoms with E-state index in [9.17, 15) is 4.79 Å². The first-order valence-electron chi connectivity index (χ1n) is 6.55. The molecule has 0 amide bonds. The fourth-order valence-corrected chi connectivity index (χ4v) is 2.67. The van der Waals surface area contributed by atoms with Crippen LogP contribution in [0.1, 0.15) is 16.7 Å². The highest BCUT2D eigenvalue weighted by atomic mass is 16.4. The maximum Gasteiger partial charge on any atom is 0.341 e. The lowest BCUT2D eigenvalue weighted by Crippen LogP contribution is -2.21. The normalized spacial score (nSPS) is 14.6. The molecule has 3 nitrogen and oxygen atoms in total. The molecule has 0 unspecified atom stereocenters. The lowest BCUT2D eigenvalue weighted by Gasteiger charge is -2.10. The van der Waals surface area contributed by atoms with Crippen LogP contribution in [0, 0.1) is 6.04 Å². The summed E-state index contributed by atoms with van der Waals surface area (Å²) in [5.41, 5.74) is 3.19. The molecule has 0 fully saturated rings. The zero-order chi connectivity index (χ0) is 13.5. The largest absolute Gasteiger partial charge is 0.422 e. The lowest BCUT2D eigenvalue weighted by molar-refractivity contribution is 0.551. The van der Waals surface area contributed by atoms with Crippen LogP contribution in [0.25, 0.3) is 11.0 Å². The van der Waals surface area contributed by atoms with Gasteiger partial charge in [0.15, 0.2) is 0 Å². The van der Waals surface area contributed by atoms with Gasteiger partial charge < -0.3 is 4.42 Å². The molecule has 1 aliphatic rings. The van der Waals surface area contributed by atoms with E-state index in [4.69, 9.17) is 4.42 Å². The van der Waals surface area contributed by atoms with E-state index >= 15 is 0 Å². The number of hydrogen-bond donors (Lipinski definition) is 1. The van der Waals surface area contributed by atoms with E-state index in [0.717, 1.165) is 23.5 Å². The van der Waals surface area contributed by atoms with Crippen LogP contribution in [-0.2, 0) is 6.54 Å². The summed E-state index contributed by atoms with van der Waals surface area (Å²) in [6.45, 7) is 0.748. The smallest absolute Gasteiger partial charge is 0.341 e. The van der Waals surface area contributed by atoms with Gasteiger partial charge in [0.1, 0.15) is 11.6 Å². The fourth-order valence-electron chi connectivity index (χ4n) is 2.67. The summed E-state index contributed by atoms with van der Waals surface area (Å²) in [4.78, 5) is 12.2. The van der Waals surface area contributed by atoms with Crippen molar-refractivity contribution in [2.45, 2.75) is 6.54 Å². The second-order valence-corrected chi connectivity index (χ2v) is 4.87. The summed E-state index contributed by atoms with van der Waals surface area (Å²) in [5, 5.41) is 4.23. The van der Waals surface area contributed by atoms with Gasteiger partial charge in [0, 0.05) is 11.9 Å². The Morgan fingerprint density at radius 1 is 0.950 bits per heavy atom. The maximum absolute atomic E-state index is 12.2. The van der Waals surface area contributed by atoms with Crippen molar-refractivity contribution in [3.63, 3.8) is 0 Å². The highest BCUT2D eigenvalue weighted by Crippen LogP contribution is 2.29. The third kappa shape index (κ3) is 1.67. The standard InChI is InChI=1S/C17H12NO2/c19-17-14(9-11-5-2-4-8-15(11)20-17)16-13-7-3-1-6-12(13)10-18-16/h1-9,18H,10H2. The molecule has 0 bridgehead atoms. The second-order valence-electron chi connectivity index (χ2n) is 4.87. The Morgan fingerprint density at radius 3 is 2.70 bits per heavy atom. The van der Waals surface area contributed by atoms with Crippen molar-refractivity contribution in [1.82, 2.24) is 5.32 Å². The molecule has 0 saturated heterocycles. The Morgan fingerprint density at radius 2 is 1.75 bits per heavy atom. The van der Waals surface area contributed by atoms with E-state index in [2.05, 4.69) is 11.4 Å². The van der Waals surface area contributed by atoms with Crippen LogP contribution in [0.4, 0.5) is 0 Å². The molecule has 97 valence electrons. The van der Waals surface area contributed by atoms with E-state index in [-0.39, 0.29) is 5.63 Å². The van der Waals surface area contributed by atoms with E-state index in [1.165, 1.54) is 5.56 Å². The van der Waals surface area contributed by atoms with Gasteiger partial charge >= 0.3 is 5.63 Å². The van der Waals surface area contributed by atoms with Gasteiger partial charge in [-0.1, -0.05) is 42.5 Å². The van der Waals surface area contributed by atoms with Crippen molar-refractivity contribution in [2.75, 3.05) is 0 Å². The van der Waals surface area contributed by atoms with Gasteiger partial charge in [-0.25, -0.2) is 4.79 Å². The fraction of sp³-hybridized carbons (Fsp3) is 0.0588. The van der Waals surface area contributed by atoms with E-state index < -0.39 is 0 Å². The minimum Gasteiger partial charge on any atom is -0.422 e. The van der Waals surface area contributed by atoms with Gasteiger partial charge in [0.25, 0.3) is 0 Å². The molecule has 3 aromatic rings. The zero-order valence-electron chi connectivity index (χ0n) is 10.7. The van der Waals surface area contributed by atoms with Gasteiger partial charge in [0.05, 0.1) is 5.56 Å². The lowest BCUT2D eigenvalue weighted by atomic mass is 9.99. The Balaban J connectivity index is 1.91. The molecule has 0 saturated carbocycles. The Bertz CT molecular complexity index is 851. The number of para-hydroxylation sites is 1. The molecule has 0 aliphatic carbocycles. The van der Waals surface area contributed by atoms with Gasteiger partial charge in [-0.05, 0) is 23.3 Å². The van der Waals surface area contributed by atoms with Crippen molar-refractivity contribution >= 4 is 11.0 Å². The van der Waals surface area contributed by atoms with Crippen LogP contribution >= 0.6 is 0 Å². The molecule has 1 radical (unpaired) electrons. The topological polar surface area (TPSA) is 42.2 Å². The van der Waals surface area contributed by atoms with Crippen LogP contribution in [0.5, 0.6) is 0 Å². The highest BCUT2D eigenvalue weighted by Gasteiger charge is 2.27. The first-order chi connectivity index (χ1) is 9.83. The van der Waals surface area contributed by atoms with Crippen LogP contribution in [-0.4, -0.2) is 0 Å². The average molecular weight is 262 g/mol. The van der Waals surface area contributed by atoms with E-state index in [0.29, 0.717) is 11.1 Å². The molecule has 20 heavy (non-hydrogen) atoms. The van der Waals surface area contributed by atoms with Crippen molar-refractivity contribution in [1.29, 1.82) is 0 Å². The van der Waals surface area contributed by atoms with Crippen LogP contribution in [0.15, 0.2) is 63.8 Å². The minimum absolute atomic E-state index is 0.303. The Labute approximate surface area is 115 Å². The molecule has 2 heterocycles. The maximum atomic E-state index is 12.2. The molecule has 2 aromatic carbocycles. The molecule has 4 rings (SSSR count). The number of fused-ring (bicyclic) bond motifs is 2. The molecule has 0 spiro atoms. The third-order valence-electron chi connectivity index (χ3n) is 3.65. The van der Waals surface area contributed by atoms with Crippen molar-refractivity contribution in [3.05, 3.63) is 87.7 Å². The average Bonchev–Trinajstić information content (AvgIpc) is 2.90. The van der Waals surface area contributed by atoms with E-state index in [1.54, 1.807) is 6.07 Å². The van der Waals surface area contributed by atoms with Crippen molar-refractivity contribution < 1.29 is 4.42 Å². The number of hydrogen-bond acceptors (Lipinski definition) is 3. The third-order valence-corrected chi connectivity index (χ3v) is 3.65. The molecule has 1 N–H and O–H groups in total. The Kier molecular flexibility index (Phi) is 2.47. The molecule has 1 aromatic heterocycles. The quantitative estimate of drug-likeness (QED) is 0.686. The first-order valence-corrected chi connectivity index (χ1v) is 6.55. The highest BCUT2D eigenvalue weighted by molar-refractivity contribution is 5.77. The van der Waals surface area contributed by atoms with Gasteiger partial charge in [-0.3, -0.25) is 5.32 Å². The molecule has 0 atom stereocenters. The second kappa shape index (κ2) is 4.32. The summed E-state index contributed by atoms with van der Waals surface area (Å²) < 4.78 is 5.40. The minimum atomic E-state index is -0.303. The Hall–Kier alpha value is -2.39. The molecular formula is C17H12NO2. The summed E-state index contributed by atoms with van der Waals surface area (Å²) in [6, 6.07) is 18.4. The predicted molar refractivity (Wildman–Crippen MR) is 77.2 cm³/mol. The SMILES string of the molecule is O=c1oc2ccccc2cc1[C]1NCc2ccccc21. The summed E-state index contributed by atoms with van der Waals surface area (Å²) in [6.07, 6.45) is 0. The number of benzene rings is 2.